The molecule has 16 heavy (non-hydrogen) atoms. The van der Waals surface area contributed by atoms with Crippen LogP contribution in [0, 0.1) is 16.2 Å². The van der Waals surface area contributed by atoms with Gasteiger partial charge in [-0.25, -0.2) is 0 Å². The van der Waals surface area contributed by atoms with Crippen LogP contribution < -0.4 is 0 Å². The lowest BCUT2D eigenvalue weighted by Gasteiger charge is -2.31. The van der Waals surface area contributed by atoms with Crippen molar-refractivity contribution in [3.8, 4) is 0 Å². The predicted molar refractivity (Wildman–Crippen MR) is 62.8 cm³/mol. The van der Waals surface area contributed by atoms with Crippen molar-refractivity contribution in [2.24, 2.45) is 16.2 Å². The minimum absolute atomic E-state index is 0.0249. The van der Waals surface area contributed by atoms with Crippen LogP contribution in [0.3, 0.4) is 0 Å². The first-order chi connectivity index (χ1) is 7.55. The van der Waals surface area contributed by atoms with E-state index >= 15 is 0 Å². The van der Waals surface area contributed by atoms with Crippen LogP contribution in [-0.4, -0.2) is 22.4 Å². The van der Waals surface area contributed by atoms with Crippen molar-refractivity contribution in [3.63, 3.8) is 0 Å². The number of aliphatic hydroxyl groups is 2. The summed E-state index contributed by atoms with van der Waals surface area (Å²) < 4.78 is 0. The molecular weight excluding hydrogens is 200 g/mol. The van der Waals surface area contributed by atoms with E-state index in [0.717, 1.165) is 12.8 Å². The van der Waals surface area contributed by atoms with Crippen LogP contribution in [0.1, 0.15) is 33.1 Å². The van der Waals surface area contributed by atoms with Gasteiger partial charge in [0.2, 0.25) is 0 Å². The SMILES string of the molecule is C[C@H](O)C1([C@@H](C)O)[C@@]23C=CC=C[C@@]12CCC3. The lowest BCUT2D eigenvalue weighted by molar-refractivity contribution is -0.0247. The predicted octanol–water partition coefficient (Wildman–Crippen LogP) is 2.03. The van der Waals surface area contributed by atoms with Gasteiger partial charge in [-0.15, -0.1) is 0 Å². The summed E-state index contributed by atoms with van der Waals surface area (Å²) in [6.45, 7) is 3.67. The molecule has 2 N–H and O–H groups in total. The second-order valence-corrected chi connectivity index (χ2v) is 5.74. The fourth-order valence-electron chi connectivity index (χ4n) is 5.34. The summed E-state index contributed by atoms with van der Waals surface area (Å²) in [4.78, 5) is 0. The molecule has 3 aliphatic rings. The molecule has 0 aliphatic heterocycles. The highest BCUT2D eigenvalue weighted by Gasteiger charge is 2.88. The molecule has 0 radical (unpaired) electrons. The molecule has 0 aromatic heterocycles. The van der Waals surface area contributed by atoms with Crippen molar-refractivity contribution < 1.29 is 10.2 Å². The summed E-state index contributed by atoms with van der Waals surface area (Å²) in [7, 11) is 0. The van der Waals surface area contributed by atoms with Crippen molar-refractivity contribution in [2.75, 3.05) is 0 Å². The largest absolute Gasteiger partial charge is 0.393 e. The Kier molecular flexibility index (Phi) is 1.84. The Hall–Kier alpha value is -0.600. The van der Waals surface area contributed by atoms with E-state index in [0.29, 0.717) is 0 Å². The van der Waals surface area contributed by atoms with Gasteiger partial charge < -0.3 is 10.2 Å². The van der Waals surface area contributed by atoms with Crippen LogP contribution in [0.4, 0.5) is 0 Å². The molecule has 0 saturated heterocycles. The minimum Gasteiger partial charge on any atom is -0.393 e. The van der Waals surface area contributed by atoms with E-state index < -0.39 is 12.2 Å². The third kappa shape index (κ3) is 0.723. The first kappa shape index (κ1) is 10.5. The molecule has 0 aromatic rings. The van der Waals surface area contributed by atoms with E-state index in [-0.39, 0.29) is 16.2 Å². The van der Waals surface area contributed by atoms with Crippen LogP contribution in [0.15, 0.2) is 24.3 Å². The molecule has 88 valence electrons. The zero-order chi connectivity index (χ0) is 11.6. The number of aliphatic hydroxyl groups excluding tert-OH is 2. The molecule has 2 nitrogen and oxygen atoms in total. The standard InChI is InChI=1S/C14H20O2/c1-10(15)14(11(2)16)12-6-3-4-7-13(12,14)9-5-8-12/h3-4,6-7,10-11,15-16H,5,8-9H2,1-2H3/t10-,11+,12-,13+,14?. The molecule has 3 aliphatic carbocycles. The molecule has 2 fully saturated rings. The van der Waals surface area contributed by atoms with Crippen LogP contribution in [0.2, 0.25) is 0 Å². The van der Waals surface area contributed by atoms with Crippen molar-refractivity contribution in [3.05, 3.63) is 24.3 Å². The Morgan fingerprint density at radius 3 is 1.75 bits per heavy atom. The molecule has 0 heterocycles. The summed E-state index contributed by atoms with van der Waals surface area (Å²) in [6, 6.07) is 0. The zero-order valence-electron chi connectivity index (χ0n) is 9.98. The highest BCUT2D eigenvalue weighted by atomic mass is 16.3. The van der Waals surface area contributed by atoms with Crippen molar-refractivity contribution >= 4 is 0 Å². The highest BCUT2D eigenvalue weighted by Crippen LogP contribution is 2.89. The fourth-order valence-corrected chi connectivity index (χ4v) is 5.34. The van der Waals surface area contributed by atoms with Gasteiger partial charge in [0.15, 0.2) is 0 Å². The van der Waals surface area contributed by atoms with Gasteiger partial charge in [-0.2, -0.15) is 0 Å². The van der Waals surface area contributed by atoms with Gasteiger partial charge in [0.05, 0.1) is 12.2 Å². The van der Waals surface area contributed by atoms with Crippen LogP contribution in [-0.2, 0) is 0 Å². The monoisotopic (exact) mass is 220 g/mol. The molecule has 2 heteroatoms. The second kappa shape index (κ2) is 2.80. The van der Waals surface area contributed by atoms with E-state index in [9.17, 15) is 10.2 Å². The third-order valence-corrected chi connectivity index (χ3v) is 5.54. The normalized spacial score (nSPS) is 52.0. The Balaban J connectivity index is 2.18. The van der Waals surface area contributed by atoms with Gasteiger partial charge in [-0.05, 0) is 26.7 Å². The molecular formula is C14H20O2. The van der Waals surface area contributed by atoms with Gasteiger partial charge in [-0.1, -0.05) is 30.7 Å². The van der Waals surface area contributed by atoms with Crippen molar-refractivity contribution in [1.29, 1.82) is 0 Å². The fraction of sp³-hybridized carbons (Fsp3) is 0.714. The van der Waals surface area contributed by atoms with Gasteiger partial charge in [0, 0.05) is 16.2 Å². The number of hydrogen-bond acceptors (Lipinski definition) is 2. The lowest BCUT2D eigenvalue weighted by atomic mass is 9.78. The quantitative estimate of drug-likeness (QED) is 0.747. The molecule has 0 spiro atoms. The van der Waals surface area contributed by atoms with Crippen LogP contribution in [0.5, 0.6) is 0 Å². The van der Waals surface area contributed by atoms with E-state index in [1.54, 1.807) is 0 Å². The molecule has 3 rings (SSSR count). The van der Waals surface area contributed by atoms with Crippen LogP contribution in [0.25, 0.3) is 0 Å². The Labute approximate surface area is 96.7 Å². The average molecular weight is 220 g/mol. The van der Waals surface area contributed by atoms with E-state index in [1.165, 1.54) is 6.42 Å². The summed E-state index contributed by atoms with van der Waals surface area (Å²) in [5.74, 6) is 0. The van der Waals surface area contributed by atoms with E-state index in [4.69, 9.17) is 0 Å². The molecule has 5 atom stereocenters. The maximum Gasteiger partial charge on any atom is 0.0610 e. The van der Waals surface area contributed by atoms with Gasteiger partial charge in [-0.3, -0.25) is 0 Å². The maximum atomic E-state index is 10.2. The number of rotatable bonds is 2. The molecule has 2 saturated carbocycles. The number of hydrogen-bond donors (Lipinski definition) is 2. The smallest absolute Gasteiger partial charge is 0.0610 e. The highest BCUT2D eigenvalue weighted by molar-refractivity contribution is 5.49. The van der Waals surface area contributed by atoms with Gasteiger partial charge >= 0.3 is 0 Å². The maximum absolute atomic E-state index is 10.2. The first-order valence-electron chi connectivity index (χ1n) is 6.28. The molecule has 1 unspecified atom stereocenters. The van der Waals surface area contributed by atoms with Crippen molar-refractivity contribution in [2.45, 2.75) is 45.3 Å². The molecule has 0 bridgehead atoms. The van der Waals surface area contributed by atoms with Gasteiger partial charge in [0.25, 0.3) is 0 Å². The number of allylic oxidation sites excluding steroid dienone is 4. The van der Waals surface area contributed by atoms with Crippen LogP contribution >= 0.6 is 0 Å². The zero-order valence-corrected chi connectivity index (χ0v) is 9.98. The summed E-state index contributed by atoms with van der Waals surface area (Å²) >= 11 is 0. The summed E-state index contributed by atoms with van der Waals surface area (Å²) in [5, 5.41) is 20.4. The Morgan fingerprint density at radius 1 is 0.938 bits per heavy atom. The lowest BCUT2D eigenvalue weighted by Crippen LogP contribution is -2.38. The Morgan fingerprint density at radius 2 is 1.38 bits per heavy atom. The molecule has 0 aromatic carbocycles. The van der Waals surface area contributed by atoms with Gasteiger partial charge in [0.1, 0.15) is 0 Å². The molecule has 0 amide bonds. The Bertz CT molecular complexity index is 344. The average Bonchev–Trinajstić information content (AvgIpc) is 2.52. The topological polar surface area (TPSA) is 40.5 Å². The van der Waals surface area contributed by atoms with E-state index in [2.05, 4.69) is 24.3 Å². The second-order valence-electron chi connectivity index (χ2n) is 5.74. The van der Waals surface area contributed by atoms with Crippen molar-refractivity contribution in [1.82, 2.24) is 0 Å². The first-order valence-corrected chi connectivity index (χ1v) is 6.28. The summed E-state index contributed by atoms with van der Waals surface area (Å²) in [5.41, 5.74) is -0.296. The van der Waals surface area contributed by atoms with E-state index in [1.807, 2.05) is 13.8 Å². The third-order valence-electron chi connectivity index (χ3n) is 5.54. The minimum atomic E-state index is -0.458. The summed E-state index contributed by atoms with van der Waals surface area (Å²) in [6.07, 6.45) is 11.1.